The van der Waals surface area contributed by atoms with Gasteiger partial charge >= 0.3 is 0 Å². The molecule has 0 bridgehead atoms. The quantitative estimate of drug-likeness (QED) is 0.0472. The number of fused-ring (bicyclic) bond motifs is 7. The van der Waals surface area contributed by atoms with E-state index in [-0.39, 0.29) is 17.6 Å². The maximum absolute atomic E-state index is 14.0. The van der Waals surface area contributed by atoms with E-state index in [1.165, 1.54) is 88.5 Å². The predicted octanol–water partition coefficient (Wildman–Crippen LogP) is 13.4. The summed E-state index contributed by atoms with van der Waals surface area (Å²) < 4.78 is 89.5. The standard InChI is InChI=1S/C16H18N6O.C15H17N5O.C14H14FN5O.C13H12ClN5O.2C13H12FN5O.C13H13N5O/c1-21-16-13(15(17)18-10-19-16)14(20-21)11-2-4-12(5-3-11)22-6-8-23-9-7-22;1-9(2)21-11-6-4-5-10(7-11)13-12-14(16)17-8-18-15(12)20(3)19-13;1-3-21-10-5-4-8(6-9(10)15)12-11-13(16)17-7-18-14(11)20(2)19-12;2*1-19-13-10(12(15)16-6-17-13)11(18-19)7-3-8(14)5-9(4-7)20-2;1-19-13-10(12(15)16-6-17-13)11(18-19)7-3-4-8(14)9(5-7)20-2;1-18-13-10(12(14)15-7-16-13)11(17-18)8-4-3-5-9(6-8)19-2/h2-5,10H,6-9H2,1H3,(H2,17,18,19);4-9H,1-3H3,(H2,16,17,18);4-7H,3H2,1-2H3,(H2,16,17,18);3*3-6H,1-2H3,(H2,15,16,17);3-7H,1-2H3,(H2,14,15,16). The highest BCUT2D eigenvalue weighted by Gasteiger charge is 2.26. The van der Waals surface area contributed by atoms with Crippen LogP contribution in [0.1, 0.15) is 20.8 Å². The molecule has 1 fully saturated rings. The van der Waals surface area contributed by atoms with E-state index in [4.69, 9.17) is 84.9 Å². The van der Waals surface area contributed by atoms with E-state index in [1.807, 2.05) is 89.6 Å². The highest BCUT2D eigenvalue weighted by Crippen LogP contribution is 2.41. The largest absolute Gasteiger partial charge is 0.497 e. The molecule has 0 unspecified atom stereocenters. The Balaban J connectivity index is 0.000000121. The van der Waals surface area contributed by atoms with Crippen LogP contribution in [0.25, 0.3) is 156 Å². The second-order valence-corrected chi connectivity index (χ2v) is 32.7. The summed E-state index contributed by atoms with van der Waals surface area (Å²) in [5.74, 6) is 4.38. The first-order valence-corrected chi connectivity index (χ1v) is 44.6. The van der Waals surface area contributed by atoms with Gasteiger partial charge in [-0.1, -0.05) is 48.0 Å². The van der Waals surface area contributed by atoms with Crippen molar-refractivity contribution in [3.63, 3.8) is 0 Å². The van der Waals surface area contributed by atoms with Gasteiger partial charge in [0.2, 0.25) is 0 Å². The molecule has 0 amide bonds. The number of nitrogens with zero attached hydrogens (tertiary/aromatic N) is 29. The van der Waals surface area contributed by atoms with Crippen LogP contribution >= 0.6 is 11.6 Å². The number of hydrogen-bond donors (Lipinski definition) is 7. The topological polar surface area (TPSA) is 555 Å². The van der Waals surface area contributed by atoms with Crippen molar-refractivity contribution in [1.29, 1.82) is 0 Å². The summed E-state index contributed by atoms with van der Waals surface area (Å²) in [6.45, 7) is 9.60. The minimum Gasteiger partial charge on any atom is -0.497 e. The summed E-state index contributed by atoms with van der Waals surface area (Å²) in [6, 6.07) is 42.8. The SMILES string of the molecule is CC(C)Oc1cccc(-c2nn(C)c3ncnc(N)c23)c1.CCOc1ccc(-c2nn(C)c3ncnc(N)c23)cc1F.COc1cc(-c2nn(C)c3ncnc(N)c23)ccc1F.COc1cc(Cl)cc(-c2nn(C)c3ncnc(N)c23)c1.COc1cc(F)cc(-c2nn(C)c3ncnc(N)c23)c1.COc1cccc(-c2nn(C)c3ncnc(N)c23)c1.Cn1nc(-c2ccc(N3CCOCC3)cc2)c2c(N)ncnc21. The summed E-state index contributed by atoms with van der Waals surface area (Å²) in [5.41, 5.74) is 57.7. The van der Waals surface area contributed by atoms with E-state index in [2.05, 4.69) is 135 Å². The fourth-order valence-electron chi connectivity index (χ4n) is 16.0. The fourth-order valence-corrected chi connectivity index (χ4v) is 16.2. The molecule has 0 saturated carbocycles. The van der Waals surface area contributed by atoms with Crippen molar-refractivity contribution in [3.05, 3.63) is 212 Å². The molecular weight excluding hydrogens is 1870 g/mol. The zero-order valence-electron chi connectivity index (χ0n) is 80.4. The Kier molecular flexibility index (Phi) is 29.4. The number of hydrogen-bond acceptors (Lipinski definition) is 36. The number of morpholine rings is 1. The van der Waals surface area contributed by atoms with Gasteiger partial charge in [-0.05, 0) is 124 Å². The predicted molar refractivity (Wildman–Crippen MR) is 544 cm³/mol. The van der Waals surface area contributed by atoms with Gasteiger partial charge in [-0.3, -0.25) is 0 Å². The van der Waals surface area contributed by atoms with E-state index in [9.17, 15) is 13.2 Å². The van der Waals surface area contributed by atoms with Gasteiger partial charge in [0.15, 0.2) is 62.7 Å². The molecule has 21 aromatic rings. The van der Waals surface area contributed by atoms with E-state index >= 15 is 0 Å². The minimum atomic E-state index is -0.441. The molecule has 0 spiro atoms. The third-order valence-electron chi connectivity index (χ3n) is 22.6. The normalized spacial score (nSPS) is 11.7. The van der Waals surface area contributed by atoms with Gasteiger partial charge in [-0.15, -0.1) is 0 Å². The fraction of sp³-hybridized carbons (Fsp3) is 0.206. The maximum Gasteiger partial charge on any atom is 0.165 e. The monoisotopic (exact) mass is 1970 g/mol. The van der Waals surface area contributed by atoms with Crippen molar-refractivity contribution in [3.8, 4) is 113 Å². The van der Waals surface area contributed by atoms with Crippen molar-refractivity contribution in [1.82, 2.24) is 138 Å². The molecular formula is C97H98ClF3N36O7. The third kappa shape index (κ3) is 20.8. The van der Waals surface area contributed by atoms with Crippen LogP contribution in [-0.4, -0.2) is 206 Å². The van der Waals surface area contributed by atoms with Crippen LogP contribution in [-0.2, 0) is 54.1 Å². The van der Waals surface area contributed by atoms with Crippen molar-refractivity contribution >= 4 is 135 Å². The van der Waals surface area contributed by atoms with Crippen LogP contribution in [0, 0.1) is 17.5 Å². The summed E-state index contributed by atoms with van der Waals surface area (Å²) >= 11 is 6.10. The number of anilines is 8. The summed E-state index contributed by atoms with van der Waals surface area (Å²) in [7, 11) is 18.7. The van der Waals surface area contributed by atoms with Gasteiger partial charge in [-0.25, -0.2) is 116 Å². The van der Waals surface area contributed by atoms with Crippen LogP contribution in [0.2, 0.25) is 5.02 Å². The molecule has 736 valence electrons. The van der Waals surface area contributed by atoms with Crippen molar-refractivity contribution in [2.24, 2.45) is 49.3 Å². The highest BCUT2D eigenvalue weighted by atomic mass is 35.5. The van der Waals surface area contributed by atoms with Crippen LogP contribution in [0.4, 0.5) is 59.6 Å². The Hall–Kier alpha value is -18.4. The Bertz CT molecular complexity index is 8130. The molecule has 43 nitrogen and oxygen atoms in total. The number of methoxy groups -OCH3 is 4. The first-order chi connectivity index (χ1) is 69.4. The van der Waals surface area contributed by atoms with Crippen LogP contribution in [0.3, 0.4) is 0 Å². The number of benzene rings is 7. The summed E-state index contributed by atoms with van der Waals surface area (Å²) in [5, 5.41) is 36.6. The lowest BCUT2D eigenvalue weighted by Gasteiger charge is -2.28. The molecule has 0 atom stereocenters. The Labute approximate surface area is 823 Å². The Morgan fingerprint density at radius 1 is 0.326 bits per heavy atom. The number of nitrogens with two attached hydrogens (primary N) is 7. The molecule has 22 rings (SSSR count). The number of ether oxygens (including phenoxy) is 7. The molecule has 0 aliphatic carbocycles. The lowest BCUT2D eigenvalue weighted by Crippen LogP contribution is -2.36. The average molecular weight is 1970 g/mol. The number of aryl methyl sites for hydroxylation is 7. The van der Waals surface area contributed by atoms with E-state index in [1.54, 1.807) is 125 Å². The smallest absolute Gasteiger partial charge is 0.165 e. The van der Waals surface area contributed by atoms with Crippen LogP contribution in [0.5, 0.6) is 34.5 Å². The molecule has 144 heavy (non-hydrogen) atoms. The molecule has 14 aromatic heterocycles. The average Bonchev–Trinajstić information content (AvgIpc) is 1.65. The van der Waals surface area contributed by atoms with Gasteiger partial charge in [0.1, 0.15) is 154 Å². The molecule has 0 radical (unpaired) electrons. The van der Waals surface area contributed by atoms with Crippen LogP contribution in [0.15, 0.2) is 190 Å². The van der Waals surface area contributed by atoms with Crippen molar-refractivity contribution in [2.75, 3.05) is 106 Å². The molecule has 1 aliphatic rings. The lowest BCUT2D eigenvalue weighted by molar-refractivity contribution is 0.122. The first kappa shape index (κ1) is 98.7. The summed E-state index contributed by atoms with van der Waals surface area (Å²) in [4.78, 5) is 59.8. The number of nitrogen functional groups attached to an aromatic ring is 7. The zero-order chi connectivity index (χ0) is 102. The molecule has 1 saturated heterocycles. The van der Waals surface area contributed by atoms with Crippen molar-refractivity contribution < 1.29 is 46.3 Å². The number of halogens is 4. The van der Waals surface area contributed by atoms with E-state index < -0.39 is 17.5 Å². The number of aromatic nitrogens is 28. The molecule has 1 aliphatic heterocycles. The highest BCUT2D eigenvalue weighted by molar-refractivity contribution is 6.31. The number of rotatable bonds is 16. The minimum absolute atomic E-state index is 0.120. The van der Waals surface area contributed by atoms with Gasteiger partial charge < -0.3 is 78.2 Å². The van der Waals surface area contributed by atoms with Gasteiger partial charge in [0.05, 0.1) is 92.1 Å². The lowest BCUT2D eigenvalue weighted by atomic mass is 10.1. The van der Waals surface area contributed by atoms with Crippen molar-refractivity contribution in [2.45, 2.75) is 26.9 Å². The third-order valence-corrected chi connectivity index (χ3v) is 22.8. The van der Waals surface area contributed by atoms with E-state index in [0.717, 1.165) is 98.9 Å². The van der Waals surface area contributed by atoms with Gasteiger partial charge in [0, 0.05) is 118 Å². The zero-order valence-corrected chi connectivity index (χ0v) is 81.1. The molecule has 14 N–H and O–H groups in total. The molecule has 15 heterocycles. The van der Waals surface area contributed by atoms with Crippen LogP contribution < -0.4 is 73.5 Å². The van der Waals surface area contributed by atoms with Gasteiger partial charge in [0.25, 0.3) is 0 Å². The molecule has 7 aromatic carbocycles. The summed E-state index contributed by atoms with van der Waals surface area (Å²) in [6.07, 6.45) is 10.0. The second-order valence-electron chi connectivity index (χ2n) is 32.3. The molecule has 47 heteroatoms. The van der Waals surface area contributed by atoms with Gasteiger partial charge in [-0.2, -0.15) is 35.7 Å². The Morgan fingerprint density at radius 3 is 1.01 bits per heavy atom. The second kappa shape index (κ2) is 42.9. The van der Waals surface area contributed by atoms with E-state index in [0.29, 0.717) is 159 Å². The maximum atomic E-state index is 14.0. The first-order valence-electron chi connectivity index (χ1n) is 44.3. The Morgan fingerprint density at radius 2 is 0.646 bits per heavy atom.